The molecule has 0 bridgehead atoms. The molecule has 4 rings (SSSR count). The zero-order valence-electron chi connectivity index (χ0n) is 12.3. The van der Waals surface area contributed by atoms with Crippen molar-refractivity contribution in [3.63, 3.8) is 0 Å². The number of furan rings is 1. The third-order valence-electron chi connectivity index (χ3n) is 3.78. The first-order chi connectivity index (χ1) is 11.3. The molecule has 0 N–H and O–H groups in total. The summed E-state index contributed by atoms with van der Waals surface area (Å²) in [6.45, 7) is 2.98. The first-order valence-corrected chi connectivity index (χ1v) is 7.37. The van der Waals surface area contributed by atoms with Crippen molar-refractivity contribution in [3.8, 4) is 17.7 Å². The van der Waals surface area contributed by atoms with E-state index in [1.165, 1.54) is 0 Å². The van der Waals surface area contributed by atoms with Crippen molar-refractivity contribution in [3.05, 3.63) is 41.7 Å². The van der Waals surface area contributed by atoms with Crippen LogP contribution in [0, 0.1) is 11.3 Å². The summed E-state index contributed by atoms with van der Waals surface area (Å²) in [5.41, 5.74) is 1.49. The molecule has 116 valence electrons. The summed E-state index contributed by atoms with van der Waals surface area (Å²) in [4.78, 5) is 6.58. The van der Waals surface area contributed by atoms with Crippen molar-refractivity contribution in [1.82, 2.24) is 24.8 Å². The summed E-state index contributed by atoms with van der Waals surface area (Å²) >= 11 is 0. The van der Waals surface area contributed by atoms with Crippen molar-refractivity contribution >= 4 is 0 Å². The lowest BCUT2D eigenvalue weighted by molar-refractivity contribution is 0.222. The number of hydrogen-bond acceptors (Lipinski definition) is 7. The van der Waals surface area contributed by atoms with Gasteiger partial charge >= 0.3 is 0 Å². The van der Waals surface area contributed by atoms with Gasteiger partial charge in [0.05, 0.1) is 18.5 Å². The molecule has 0 unspecified atom stereocenters. The number of fused-ring (bicyclic) bond motifs is 1. The molecule has 0 fully saturated rings. The van der Waals surface area contributed by atoms with E-state index in [4.69, 9.17) is 14.2 Å². The molecule has 0 radical (unpaired) electrons. The molecule has 23 heavy (non-hydrogen) atoms. The number of rotatable bonds is 3. The van der Waals surface area contributed by atoms with E-state index in [1.54, 1.807) is 18.4 Å². The van der Waals surface area contributed by atoms with E-state index in [9.17, 15) is 0 Å². The van der Waals surface area contributed by atoms with Crippen LogP contribution < -0.4 is 0 Å². The second-order valence-electron chi connectivity index (χ2n) is 5.41. The highest BCUT2D eigenvalue weighted by atomic mass is 16.5. The average molecular weight is 310 g/mol. The van der Waals surface area contributed by atoms with Gasteiger partial charge in [0, 0.05) is 19.6 Å². The number of nitrogens with zero attached hydrogens (tertiary/aromatic N) is 6. The third kappa shape index (κ3) is 2.74. The fourth-order valence-electron chi connectivity index (χ4n) is 2.73. The highest BCUT2D eigenvalue weighted by molar-refractivity contribution is 5.44. The fraction of sp³-hybridized carbons (Fsp3) is 0.333. The molecule has 3 aromatic heterocycles. The van der Waals surface area contributed by atoms with Crippen LogP contribution in [0.15, 0.2) is 33.4 Å². The van der Waals surface area contributed by atoms with Crippen molar-refractivity contribution < 1.29 is 8.94 Å². The Morgan fingerprint density at radius 1 is 1.35 bits per heavy atom. The van der Waals surface area contributed by atoms with E-state index in [-0.39, 0.29) is 0 Å². The fourth-order valence-corrected chi connectivity index (χ4v) is 2.73. The molecule has 0 atom stereocenters. The quantitative estimate of drug-likeness (QED) is 0.727. The maximum absolute atomic E-state index is 8.97. The Hall–Kier alpha value is -2.92. The Morgan fingerprint density at radius 3 is 3.13 bits per heavy atom. The van der Waals surface area contributed by atoms with Gasteiger partial charge in [0.1, 0.15) is 6.07 Å². The van der Waals surface area contributed by atoms with Crippen LogP contribution in [0.3, 0.4) is 0 Å². The van der Waals surface area contributed by atoms with Gasteiger partial charge in [0.25, 0.3) is 0 Å². The van der Waals surface area contributed by atoms with Crippen molar-refractivity contribution in [2.75, 3.05) is 6.54 Å². The second kappa shape index (κ2) is 5.70. The molecule has 0 saturated heterocycles. The molecule has 8 nitrogen and oxygen atoms in total. The van der Waals surface area contributed by atoms with Crippen LogP contribution in [0.5, 0.6) is 0 Å². The second-order valence-corrected chi connectivity index (χ2v) is 5.41. The largest absolute Gasteiger partial charge is 0.461 e. The molecular weight excluding hydrogens is 296 g/mol. The lowest BCUT2D eigenvalue weighted by Crippen LogP contribution is -2.22. The molecule has 0 aliphatic carbocycles. The average Bonchev–Trinajstić information content (AvgIpc) is 3.26. The van der Waals surface area contributed by atoms with E-state index in [0.717, 1.165) is 25.2 Å². The summed E-state index contributed by atoms with van der Waals surface area (Å²) in [5.74, 6) is 1.59. The zero-order chi connectivity index (χ0) is 15.6. The zero-order valence-corrected chi connectivity index (χ0v) is 12.3. The Balaban J connectivity index is 1.49. The van der Waals surface area contributed by atoms with E-state index in [1.807, 2.05) is 10.7 Å². The first-order valence-electron chi connectivity index (χ1n) is 7.37. The van der Waals surface area contributed by atoms with Gasteiger partial charge in [-0.25, -0.2) is 0 Å². The Labute approximate surface area is 131 Å². The normalized spacial score (nSPS) is 15.1. The van der Waals surface area contributed by atoms with Crippen LogP contribution in [0.25, 0.3) is 11.6 Å². The SMILES string of the molecule is N#Cc1cc2n(n1)CCCN(Cc1nc(-c3ccco3)no1)C2. The molecule has 0 spiro atoms. The van der Waals surface area contributed by atoms with E-state index in [2.05, 4.69) is 26.2 Å². The monoisotopic (exact) mass is 310 g/mol. The molecule has 1 aliphatic rings. The predicted octanol–water partition coefficient (Wildman–Crippen LogP) is 1.80. The number of hydrogen-bond donors (Lipinski definition) is 0. The highest BCUT2D eigenvalue weighted by Gasteiger charge is 2.19. The van der Waals surface area contributed by atoms with Crippen LogP contribution in [-0.4, -0.2) is 31.4 Å². The van der Waals surface area contributed by atoms with Gasteiger partial charge in [-0.1, -0.05) is 5.16 Å². The van der Waals surface area contributed by atoms with Crippen LogP contribution >= 0.6 is 0 Å². The Morgan fingerprint density at radius 2 is 2.30 bits per heavy atom. The maximum atomic E-state index is 8.97. The minimum atomic E-state index is 0.455. The van der Waals surface area contributed by atoms with Gasteiger partial charge in [-0.15, -0.1) is 0 Å². The Kier molecular flexibility index (Phi) is 3.40. The van der Waals surface area contributed by atoms with Crippen molar-refractivity contribution in [1.29, 1.82) is 5.26 Å². The number of nitriles is 1. The van der Waals surface area contributed by atoms with E-state index in [0.29, 0.717) is 36.3 Å². The maximum Gasteiger partial charge on any atom is 0.241 e. The van der Waals surface area contributed by atoms with Gasteiger partial charge in [-0.05, 0) is 24.6 Å². The number of aryl methyl sites for hydroxylation is 1. The van der Waals surface area contributed by atoms with Crippen LogP contribution in [0.2, 0.25) is 0 Å². The number of aromatic nitrogens is 4. The van der Waals surface area contributed by atoms with Gasteiger partial charge in [0.2, 0.25) is 11.7 Å². The van der Waals surface area contributed by atoms with Gasteiger partial charge in [-0.3, -0.25) is 9.58 Å². The lowest BCUT2D eigenvalue weighted by atomic mass is 10.3. The lowest BCUT2D eigenvalue weighted by Gasteiger charge is -2.16. The summed E-state index contributed by atoms with van der Waals surface area (Å²) in [6.07, 6.45) is 2.53. The standard InChI is InChI=1S/C15H14N6O2/c16-8-11-7-12-9-20(4-2-5-21(12)18-11)10-14-17-15(19-23-14)13-3-1-6-22-13/h1,3,6-7H,2,4-5,9-10H2. The Bertz CT molecular complexity index is 842. The molecule has 3 aromatic rings. The first kappa shape index (κ1) is 13.7. The van der Waals surface area contributed by atoms with Crippen molar-refractivity contribution in [2.45, 2.75) is 26.1 Å². The summed E-state index contributed by atoms with van der Waals surface area (Å²) in [6, 6.07) is 7.50. The molecule has 1 aliphatic heterocycles. The molecule has 4 heterocycles. The van der Waals surface area contributed by atoms with Gasteiger partial charge in [0.15, 0.2) is 11.5 Å². The third-order valence-corrected chi connectivity index (χ3v) is 3.78. The molecular formula is C15H14N6O2. The predicted molar refractivity (Wildman–Crippen MR) is 77.7 cm³/mol. The molecule has 0 amide bonds. The molecule has 0 saturated carbocycles. The minimum absolute atomic E-state index is 0.455. The van der Waals surface area contributed by atoms with E-state index >= 15 is 0 Å². The highest BCUT2D eigenvalue weighted by Crippen LogP contribution is 2.19. The van der Waals surface area contributed by atoms with Gasteiger partial charge < -0.3 is 8.94 Å². The van der Waals surface area contributed by atoms with Crippen LogP contribution in [0.4, 0.5) is 0 Å². The van der Waals surface area contributed by atoms with Crippen LogP contribution in [0.1, 0.15) is 23.7 Å². The molecule has 8 heteroatoms. The smallest absolute Gasteiger partial charge is 0.241 e. The van der Waals surface area contributed by atoms with Crippen LogP contribution in [-0.2, 0) is 19.6 Å². The van der Waals surface area contributed by atoms with E-state index < -0.39 is 0 Å². The topological polar surface area (TPSA) is 96.9 Å². The minimum Gasteiger partial charge on any atom is -0.461 e. The summed E-state index contributed by atoms with van der Waals surface area (Å²) < 4.78 is 12.5. The van der Waals surface area contributed by atoms with Gasteiger partial charge in [-0.2, -0.15) is 15.3 Å². The van der Waals surface area contributed by atoms with Crippen molar-refractivity contribution in [2.24, 2.45) is 0 Å². The summed E-state index contributed by atoms with van der Waals surface area (Å²) in [5, 5.41) is 17.2. The molecule has 0 aromatic carbocycles. The summed E-state index contributed by atoms with van der Waals surface area (Å²) in [7, 11) is 0.